The summed E-state index contributed by atoms with van der Waals surface area (Å²) >= 11 is 0. The molecule has 0 spiro atoms. The molecule has 3 rings (SSSR count). The van der Waals surface area contributed by atoms with Crippen LogP contribution in [0.1, 0.15) is 50.6 Å². The number of benzene rings is 1. The van der Waals surface area contributed by atoms with E-state index in [1.54, 1.807) is 12.1 Å². The van der Waals surface area contributed by atoms with Gasteiger partial charge in [0.1, 0.15) is 0 Å². The van der Waals surface area contributed by atoms with Crippen molar-refractivity contribution in [1.82, 2.24) is 10.6 Å². The van der Waals surface area contributed by atoms with Crippen LogP contribution in [0.5, 0.6) is 5.75 Å². The number of halogens is 1. The van der Waals surface area contributed by atoms with E-state index >= 15 is 0 Å². The molecule has 2 N–H and O–H groups in total. The first kappa shape index (κ1) is 22.4. The van der Waals surface area contributed by atoms with Crippen LogP contribution in [0, 0.1) is 17.7 Å². The largest absolute Gasteiger partial charge is 0.490 e. The van der Waals surface area contributed by atoms with Gasteiger partial charge in [0.15, 0.2) is 11.6 Å². The van der Waals surface area contributed by atoms with E-state index in [9.17, 15) is 14.0 Å². The van der Waals surface area contributed by atoms with Crippen LogP contribution in [-0.4, -0.2) is 38.2 Å². The second-order valence-corrected chi connectivity index (χ2v) is 8.07. The van der Waals surface area contributed by atoms with E-state index in [1.807, 2.05) is 19.1 Å². The second-order valence-electron chi connectivity index (χ2n) is 8.07. The van der Waals surface area contributed by atoms with Gasteiger partial charge < -0.3 is 14.8 Å². The highest BCUT2D eigenvalue weighted by Crippen LogP contribution is 2.31. The third-order valence-corrected chi connectivity index (χ3v) is 5.44. The summed E-state index contributed by atoms with van der Waals surface area (Å²) in [7, 11) is 0. The standard InChI is InChI=1S/C23H31FN2O4/c1-16(18-7-9-20(24)21(13-18)30-14-17-5-6-17)25-11-3-2-4-12-29-15-19-8-10-22(27)26-23(19)28/h2,4,7,9,13,16-17,19,25H,3,5-6,8,10-12,14-15H2,1H3,(H,26,27,28)/b4-2+/t16-,19?/m1/s1. The van der Waals surface area contributed by atoms with E-state index in [4.69, 9.17) is 9.47 Å². The number of piperidine rings is 1. The molecule has 2 amide bonds. The molecule has 1 aliphatic carbocycles. The maximum Gasteiger partial charge on any atom is 0.232 e. The molecule has 1 saturated carbocycles. The number of amides is 2. The summed E-state index contributed by atoms with van der Waals surface area (Å²) in [5, 5.41) is 5.75. The molecule has 2 fully saturated rings. The van der Waals surface area contributed by atoms with Gasteiger partial charge in [-0.15, -0.1) is 0 Å². The van der Waals surface area contributed by atoms with Crippen molar-refractivity contribution < 1.29 is 23.5 Å². The van der Waals surface area contributed by atoms with Gasteiger partial charge in [-0.3, -0.25) is 14.9 Å². The molecule has 30 heavy (non-hydrogen) atoms. The fourth-order valence-corrected chi connectivity index (χ4v) is 3.25. The lowest BCUT2D eigenvalue weighted by Crippen LogP contribution is -2.42. The fraction of sp³-hybridized carbons (Fsp3) is 0.565. The molecule has 6 nitrogen and oxygen atoms in total. The fourth-order valence-electron chi connectivity index (χ4n) is 3.25. The van der Waals surface area contributed by atoms with Gasteiger partial charge in [-0.1, -0.05) is 18.2 Å². The van der Waals surface area contributed by atoms with Crippen LogP contribution in [0.4, 0.5) is 4.39 Å². The summed E-state index contributed by atoms with van der Waals surface area (Å²) in [5.41, 5.74) is 0.999. The van der Waals surface area contributed by atoms with Crippen molar-refractivity contribution in [2.75, 3.05) is 26.4 Å². The maximum atomic E-state index is 13.9. The zero-order valence-electron chi connectivity index (χ0n) is 17.5. The molecule has 1 saturated heterocycles. The minimum absolute atomic E-state index is 0.0889. The Hall–Kier alpha value is -2.25. The molecule has 1 aromatic carbocycles. The number of hydrogen-bond acceptors (Lipinski definition) is 5. The molecule has 1 heterocycles. The molecule has 164 valence electrons. The smallest absolute Gasteiger partial charge is 0.232 e. The quantitative estimate of drug-likeness (QED) is 0.310. The summed E-state index contributed by atoms with van der Waals surface area (Å²) in [5.74, 6) is -0.0837. The molecule has 0 bridgehead atoms. The van der Waals surface area contributed by atoms with Gasteiger partial charge in [0.05, 0.1) is 25.7 Å². The van der Waals surface area contributed by atoms with E-state index in [0.717, 1.165) is 18.5 Å². The Balaban J connectivity index is 1.29. The van der Waals surface area contributed by atoms with Crippen LogP contribution in [-0.2, 0) is 14.3 Å². The van der Waals surface area contributed by atoms with Crippen molar-refractivity contribution >= 4 is 11.8 Å². The van der Waals surface area contributed by atoms with E-state index in [-0.39, 0.29) is 29.6 Å². The highest BCUT2D eigenvalue weighted by molar-refractivity contribution is 5.98. The Morgan fingerprint density at radius 3 is 2.83 bits per heavy atom. The first-order valence-corrected chi connectivity index (χ1v) is 10.7. The summed E-state index contributed by atoms with van der Waals surface area (Å²) in [6.45, 7) is 4.19. The Labute approximate surface area is 177 Å². The topological polar surface area (TPSA) is 76.7 Å². The average Bonchev–Trinajstić information content (AvgIpc) is 3.55. The predicted octanol–water partition coefficient (Wildman–Crippen LogP) is 3.28. The van der Waals surface area contributed by atoms with Crippen LogP contribution >= 0.6 is 0 Å². The molecular formula is C23H31FN2O4. The number of ether oxygens (including phenoxy) is 2. The van der Waals surface area contributed by atoms with Crippen molar-refractivity contribution in [3.05, 3.63) is 41.7 Å². The third kappa shape index (κ3) is 7.22. The Kier molecular flexibility index (Phi) is 8.39. The first-order chi connectivity index (χ1) is 14.5. The van der Waals surface area contributed by atoms with Crippen LogP contribution in [0.15, 0.2) is 30.4 Å². The average molecular weight is 419 g/mol. The van der Waals surface area contributed by atoms with E-state index < -0.39 is 0 Å². The van der Waals surface area contributed by atoms with Crippen molar-refractivity contribution in [2.24, 2.45) is 11.8 Å². The highest BCUT2D eigenvalue weighted by atomic mass is 19.1. The lowest BCUT2D eigenvalue weighted by molar-refractivity contribution is -0.137. The molecule has 2 atom stereocenters. The van der Waals surface area contributed by atoms with Crippen LogP contribution in [0.2, 0.25) is 0 Å². The Bertz CT molecular complexity index is 764. The number of hydrogen-bond donors (Lipinski definition) is 2. The van der Waals surface area contributed by atoms with Crippen LogP contribution in [0.25, 0.3) is 0 Å². The van der Waals surface area contributed by atoms with Gasteiger partial charge in [-0.2, -0.15) is 0 Å². The Morgan fingerprint density at radius 1 is 1.23 bits per heavy atom. The molecule has 1 unspecified atom stereocenters. The van der Waals surface area contributed by atoms with Crippen molar-refractivity contribution in [3.63, 3.8) is 0 Å². The number of nitrogens with one attached hydrogen (secondary N) is 2. The SMILES string of the molecule is C[C@@H](NCC/C=C/COCC1CCC(=O)NC1=O)c1ccc(F)c(OCC2CC2)c1. The van der Waals surface area contributed by atoms with Gasteiger partial charge in [0, 0.05) is 12.5 Å². The third-order valence-electron chi connectivity index (χ3n) is 5.44. The highest BCUT2D eigenvalue weighted by Gasteiger charge is 2.26. The molecule has 0 radical (unpaired) electrons. The van der Waals surface area contributed by atoms with Crippen molar-refractivity contribution in [1.29, 1.82) is 0 Å². The van der Waals surface area contributed by atoms with Gasteiger partial charge in [0.2, 0.25) is 11.8 Å². The zero-order chi connectivity index (χ0) is 21.3. The monoisotopic (exact) mass is 418 g/mol. The second kappa shape index (κ2) is 11.2. The van der Waals surface area contributed by atoms with Gasteiger partial charge >= 0.3 is 0 Å². The number of imide groups is 1. The summed E-state index contributed by atoms with van der Waals surface area (Å²) in [6.07, 6.45) is 8.06. The Morgan fingerprint density at radius 2 is 2.07 bits per heavy atom. The minimum Gasteiger partial charge on any atom is -0.490 e. The van der Waals surface area contributed by atoms with Gasteiger partial charge in [-0.25, -0.2) is 4.39 Å². The molecule has 1 aromatic rings. The van der Waals surface area contributed by atoms with Crippen molar-refractivity contribution in [2.45, 2.75) is 45.1 Å². The lowest BCUT2D eigenvalue weighted by atomic mass is 9.99. The maximum absolute atomic E-state index is 13.9. The van der Waals surface area contributed by atoms with Crippen LogP contribution in [0.3, 0.4) is 0 Å². The summed E-state index contributed by atoms with van der Waals surface area (Å²) in [6, 6.07) is 5.13. The van der Waals surface area contributed by atoms with E-state index in [1.165, 1.54) is 18.9 Å². The molecule has 0 aromatic heterocycles. The number of carbonyl (C=O) groups excluding carboxylic acids is 2. The van der Waals surface area contributed by atoms with Gasteiger partial charge in [0.25, 0.3) is 0 Å². The van der Waals surface area contributed by atoms with Crippen LogP contribution < -0.4 is 15.4 Å². The first-order valence-electron chi connectivity index (χ1n) is 10.7. The summed E-state index contributed by atoms with van der Waals surface area (Å²) < 4.78 is 25.0. The molecule has 1 aliphatic heterocycles. The number of carbonyl (C=O) groups is 2. The zero-order valence-corrected chi connectivity index (χ0v) is 17.5. The predicted molar refractivity (Wildman–Crippen MR) is 111 cm³/mol. The van der Waals surface area contributed by atoms with Gasteiger partial charge in [-0.05, 0) is 62.8 Å². The molecular weight excluding hydrogens is 387 g/mol. The normalized spacial score (nSPS) is 20.4. The number of rotatable bonds is 12. The van der Waals surface area contributed by atoms with E-state index in [2.05, 4.69) is 10.6 Å². The van der Waals surface area contributed by atoms with Crippen molar-refractivity contribution in [3.8, 4) is 5.75 Å². The molecule has 7 heteroatoms. The van der Waals surface area contributed by atoms with E-state index in [0.29, 0.717) is 44.3 Å². The summed E-state index contributed by atoms with van der Waals surface area (Å²) in [4.78, 5) is 22.7. The molecule has 2 aliphatic rings. The minimum atomic E-state index is -0.313. The lowest BCUT2D eigenvalue weighted by Gasteiger charge is -2.20.